The van der Waals surface area contributed by atoms with E-state index in [1.807, 2.05) is 6.08 Å². The molecule has 3 fully saturated rings. The minimum atomic E-state index is -0.347. The summed E-state index contributed by atoms with van der Waals surface area (Å²) < 4.78 is 0. The summed E-state index contributed by atoms with van der Waals surface area (Å²) in [5, 5.41) is 21.3. The van der Waals surface area contributed by atoms with Gasteiger partial charge in [0.25, 0.3) is 0 Å². The molecule has 166 valence electrons. The van der Waals surface area contributed by atoms with E-state index < -0.39 is 0 Å². The van der Waals surface area contributed by atoms with Gasteiger partial charge in [-0.25, -0.2) is 0 Å². The van der Waals surface area contributed by atoms with Crippen LogP contribution in [0.3, 0.4) is 0 Å². The highest BCUT2D eigenvalue weighted by atomic mass is 16.3. The summed E-state index contributed by atoms with van der Waals surface area (Å²) >= 11 is 0. The average molecular weight is 403 g/mol. The maximum absolute atomic E-state index is 11.1. The van der Waals surface area contributed by atoms with Crippen LogP contribution in [0.2, 0.25) is 0 Å². The molecule has 2 nitrogen and oxygen atoms in total. The van der Waals surface area contributed by atoms with Crippen LogP contribution in [0.4, 0.5) is 0 Å². The third kappa shape index (κ3) is 3.65. The van der Waals surface area contributed by atoms with E-state index in [4.69, 9.17) is 0 Å². The van der Waals surface area contributed by atoms with Crippen molar-refractivity contribution in [3.05, 3.63) is 11.6 Å². The van der Waals surface area contributed by atoms with Gasteiger partial charge in [0.05, 0.1) is 12.2 Å². The summed E-state index contributed by atoms with van der Waals surface area (Å²) in [6.45, 7) is 12.3. The highest BCUT2D eigenvalue weighted by Gasteiger charge is 2.60. The number of aliphatic hydroxyl groups excluding tert-OH is 2. The molecule has 0 aliphatic heterocycles. The van der Waals surface area contributed by atoms with Gasteiger partial charge >= 0.3 is 0 Å². The Kier molecular flexibility index (Phi) is 6.01. The summed E-state index contributed by atoms with van der Waals surface area (Å²) in [5.74, 6) is 4.70. The monoisotopic (exact) mass is 402 g/mol. The molecule has 2 heteroatoms. The SMILES string of the molecule is CC(C)CCC[C@H](C)[C@H]1CC[C@H]2[C@@H]3C[C@H](O)C4=C[C@H](O)CC[C@]4(C)[C@H]3CC[C@]12C. The van der Waals surface area contributed by atoms with Crippen LogP contribution in [-0.4, -0.2) is 22.4 Å². The quantitative estimate of drug-likeness (QED) is 0.525. The van der Waals surface area contributed by atoms with E-state index in [9.17, 15) is 10.2 Å². The highest BCUT2D eigenvalue weighted by molar-refractivity contribution is 5.29. The molecule has 0 aromatic heterocycles. The van der Waals surface area contributed by atoms with Crippen molar-refractivity contribution in [3.8, 4) is 0 Å². The molecule has 0 spiro atoms. The summed E-state index contributed by atoms with van der Waals surface area (Å²) in [5.41, 5.74) is 1.77. The van der Waals surface area contributed by atoms with Crippen LogP contribution in [0, 0.1) is 46.3 Å². The summed E-state index contributed by atoms with van der Waals surface area (Å²) in [7, 11) is 0. The van der Waals surface area contributed by atoms with Gasteiger partial charge in [-0.15, -0.1) is 0 Å². The van der Waals surface area contributed by atoms with Crippen LogP contribution in [0.15, 0.2) is 11.6 Å². The molecule has 0 bridgehead atoms. The Hall–Kier alpha value is -0.340. The lowest BCUT2D eigenvalue weighted by molar-refractivity contribution is -0.0874. The van der Waals surface area contributed by atoms with Gasteiger partial charge < -0.3 is 10.2 Å². The van der Waals surface area contributed by atoms with Crippen LogP contribution in [0.5, 0.6) is 0 Å². The number of hydrogen-bond donors (Lipinski definition) is 2. The molecule has 4 rings (SSSR count). The van der Waals surface area contributed by atoms with E-state index in [2.05, 4.69) is 34.6 Å². The first-order valence-electron chi connectivity index (χ1n) is 12.7. The zero-order valence-electron chi connectivity index (χ0n) is 19.7. The molecule has 4 aliphatic rings. The second kappa shape index (κ2) is 7.97. The van der Waals surface area contributed by atoms with Gasteiger partial charge in [0, 0.05) is 0 Å². The molecule has 9 atom stereocenters. The molecule has 0 radical (unpaired) electrons. The van der Waals surface area contributed by atoms with Crippen LogP contribution in [0.25, 0.3) is 0 Å². The molecule has 2 N–H and O–H groups in total. The molecular weight excluding hydrogens is 356 g/mol. The lowest BCUT2D eigenvalue weighted by atomic mass is 9.46. The Morgan fingerprint density at radius 3 is 2.45 bits per heavy atom. The third-order valence-electron chi connectivity index (χ3n) is 10.3. The van der Waals surface area contributed by atoms with E-state index in [1.165, 1.54) is 50.5 Å². The molecule has 0 aromatic carbocycles. The largest absolute Gasteiger partial charge is 0.389 e. The second-order valence-electron chi connectivity index (χ2n) is 12.3. The molecular formula is C27H46O2. The molecule has 0 aromatic rings. The fourth-order valence-electron chi connectivity index (χ4n) is 8.78. The van der Waals surface area contributed by atoms with Crippen molar-refractivity contribution in [3.63, 3.8) is 0 Å². The van der Waals surface area contributed by atoms with Crippen molar-refractivity contribution < 1.29 is 10.2 Å². The number of aliphatic hydroxyl groups is 2. The van der Waals surface area contributed by atoms with Gasteiger partial charge in [-0.3, -0.25) is 0 Å². The lowest BCUT2D eigenvalue weighted by Crippen LogP contribution is -2.54. The van der Waals surface area contributed by atoms with Crippen LogP contribution < -0.4 is 0 Å². The smallest absolute Gasteiger partial charge is 0.0759 e. The standard InChI is InChI=1S/C27H46O2/c1-17(2)7-6-8-18(3)21-9-10-22-20-16-25(29)24-15-19(28)11-13-27(24,5)23(20)12-14-26(21,22)4/h15,17-23,25,28-29H,6-14,16H2,1-5H3/t18-,19+,20-,21+,22-,23-,25-,26+,27+/m0/s1. The normalized spacial score (nSPS) is 47.9. The first-order valence-corrected chi connectivity index (χ1v) is 12.7. The van der Waals surface area contributed by atoms with Gasteiger partial charge in [0.1, 0.15) is 0 Å². The Morgan fingerprint density at radius 1 is 0.966 bits per heavy atom. The van der Waals surface area contributed by atoms with Gasteiger partial charge in [-0.05, 0) is 96.9 Å². The Balaban J connectivity index is 1.52. The highest BCUT2D eigenvalue weighted by Crippen LogP contribution is 2.67. The molecule has 0 amide bonds. The predicted octanol–water partition coefficient (Wildman–Crippen LogP) is 6.36. The summed E-state index contributed by atoms with van der Waals surface area (Å²) in [6, 6.07) is 0. The maximum atomic E-state index is 11.1. The predicted molar refractivity (Wildman–Crippen MR) is 120 cm³/mol. The van der Waals surface area contributed by atoms with Crippen LogP contribution in [-0.2, 0) is 0 Å². The topological polar surface area (TPSA) is 40.5 Å². The molecule has 3 saturated carbocycles. The van der Waals surface area contributed by atoms with Crippen LogP contribution >= 0.6 is 0 Å². The summed E-state index contributed by atoms with van der Waals surface area (Å²) in [6.07, 6.45) is 13.8. The van der Waals surface area contributed by atoms with Gasteiger partial charge in [0.15, 0.2) is 0 Å². The van der Waals surface area contributed by atoms with Crippen LogP contribution in [0.1, 0.15) is 98.8 Å². The fraction of sp³-hybridized carbons (Fsp3) is 0.926. The minimum Gasteiger partial charge on any atom is -0.389 e. The molecule has 0 saturated heterocycles. The Morgan fingerprint density at radius 2 is 1.72 bits per heavy atom. The van der Waals surface area contributed by atoms with Crippen molar-refractivity contribution in [1.29, 1.82) is 0 Å². The van der Waals surface area contributed by atoms with Crippen molar-refractivity contribution in [1.82, 2.24) is 0 Å². The number of fused-ring (bicyclic) bond motifs is 5. The fourth-order valence-corrected chi connectivity index (χ4v) is 8.78. The lowest BCUT2D eigenvalue weighted by Gasteiger charge is -2.60. The molecule has 0 unspecified atom stereocenters. The minimum absolute atomic E-state index is 0.115. The Labute approximate surface area is 179 Å². The van der Waals surface area contributed by atoms with Crippen molar-refractivity contribution >= 4 is 0 Å². The molecule has 29 heavy (non-hydrogen) atoms. The van der Waals surface area contributed by atoms with E-state index in [0.717, 1.165) is 42.9 Å². The average Bonchev–Trinajstić information content (AvgIpc) is 3.00. The van der Waals surface area contributed by atoms with Gasteiger partial charge in [0.2, 0.25) is 0 Å². The number of hydrogen-bond acceptors (Lipinski definition) is 2. The van der Waals surface area contributed by atoms with Crippen molar-refractivity contribution in [2.75, 3.05) is 0 Å². The summed E-state index contributed by atoms with van der Waals surface area (Å²) in [4.78, 5) is 0. The van der Waals surface area contributed by atoms with E-state index in [1.54, 1.807) is 0 Å². The third-order valence-corrected chi connectivity index (χ3v) is 10.3. The first-order chi connectivity index (χ1) is 13.7. The van der Waals surface area contributed by atoms with Crippen molar-refractivity contribution in [2.24, 2.45) is 46.3 Å². The maximum Gasteiger partial charge on any atom is 0.0759 e. The zero-order chi connectivity index (χ0) is 21.0. The van der Waals surface area contributed by atoms with E-state index in [-0.39, 0.29) is 17.6 Å². The molecule has 0 heterocycles. The van der Waals surface area contributed by atoms with Gasteiger partial charge in [-0.2, -0.15) is 0 Å². The molecule has 4 aliphatic carbocycles. The number of rotatable bonds is 5. The van der Waals surface area contributed by atoms with Crippen molar-refractivity contribution in [2.45, 2.75) is 111 Å². The van der Waals surface area contributed by atoms with Gasteiger partial charge in [-0.1, -0.05) is 60.0 Å². The first kappa shape index (κ1) is 21.9. The second-order valence-corrected chi connectivity index (χ2v) is 12.3. The van der Waals surface area contributed by atoms with E-state index in [0.29, 0.717) is 17.3 Å². The zero-order valence-corrected chi connectivity index (χ0v) is 19.7. The Bertz CT molecular complexity index is 624. The van der Waals surface area contributed by atoms with E-state index >= 15 is 0 Å².